The second-order valence-corrected chi connectivity index (χ2v) is 10.9. The van der Waals surface area contributed by atoms with Crippen LogP contribution in [-0.2, 0) is 9.53 Å². The average molecular weight is 371 g/mol. The van der Waals surface area contributed by atoms with Gasteiger partial charge in [-0.25, -0.2) is 0 Å². The Kier molecular flexibility index (Phi) is 3.69. The quantitative estimate of drug-likeness (QED) is 0.445. The third-order valence-electron chi connectivity index (χ3n) is 10.0. The average Bonchev–Trinajstić information content (AvgIpc) is 3.48. The Labute approximate surface area is 162 Å². The fourth-order valence-corrected chi connectivity index (χ4v) is 9.12. The standard InChI is InChI=1S/C24H34O3/c1-2-24(12-13-3-6-17(24)7-13)27-21(26)11-20(25)18-9-16-10-19(18)23-15-5-4-14(8-15)22(16)23/h4-5,13-20,22-23,25H,2-3,6-12H2,1H3. The van der Waals surface area contributed by atoms with E-state index in [0.717, 1.165) is 54.8 Å². The SMILES string of the molecule is CCC1(OC(=O)CC(O)C2CC3CC2C2C4C=CC(C4)C32)CC2CCC1C2. The van der Waals surface area contributed by atoms with Crippen LogP contribution in [0.1, 0.15) is 64.7 Å². The van der Waals surface area contributed by atoms with E-state index >= 15 is 0 Å². The first-order valence-corrected chi connectivity index (χ1v) is 11.7. The molecule has 0 aromatic rings. The van der Waals surface area contributed by atoms with Crippen LogP contribution < -0.4 is 0 Å². The highest BCUT2D eigenvalue weighted by Gasteiger charge is 2.62. The number of ether oxygens (including phenoxy) is 1. The van der Waals surface area contributed by atoms with Gasteiger partial charge >= 0.3 is 5.97 Å². The summed E-state index contributed by atoms with van der Waals surface area (Å²) in [5, 5.41) is 11.0. The van der Waals surface area contributed by atoms with Crippen LogP contribution in [0.15, 0.2) is 12.2 Å². The molecule has 148 valence electrons. The molecule has 5 saturated carbocycles. The van der Waals surface area contributed by atoms with Gasteiger partial charge in [-0.2, -0.15) is 0 Å². The van der Waals surface area contributed by atoms with Gasteiger partial charge in [0.05, 0.1) is 12.5 Å². The molecule has 3 heteroatoms. The lowest BCUT2D eigenvalue weighted by Gasteiger charge is -2.39. The maximum Gasteiger partial charge on any atom is 0.308 e. The second-order valence-electron chi connectivity index (χ2n) is 10.9. The summed E-state index contributed by atoms with van der Waals surface area (Å²) in [5.41, 5.74) is -0.213. The molecule has 27 heavy (non-hydrogen) atoms. The molecule has 0 aromatic carbocycles. The molecule has 6 aliphatic carbocycles. The summed E-state index contributed by atoms with van der Waals surface area (Å²) in [4.78, 5) is 12.8. The molecule has 1 N–H and O–H groups in total. The number of aliphatic hydroxyl groups is 1. The topological polar surface area (TPSA) is 46.5 Å². The van der Waals surface area contributed by atoms with Crippen LogP contribution >= 0.6 is 0 Å². The minimum Gasteiger partial charge on any atom is -0.459 e. The zero-order chi connectivity index (χ0) is 18.3. The van der Waals surface area contributed by atoms with Crippen molar-refractivity contribution in [2.75, 3.05) is 0 Å². The van der Waals surface area contributed by atoms with E-state index in [0.29, 0.717) is 17.8 Å². The number of aliphatic hydroxyl groups excluding tert-OH is 1. The minimum absolute atomic E-state index is 0.135. The number of fused-ring (bicyclic) bond motifs is 11. The molecule has 0 spiro atoms. The third kappa shape index (κ3) is 2.33. The lowest BCUT2D eigenvalue weighted by Crippen LogP contribution is -2.42. The van der Waals surface area contributed by atoms with Crippen LogP contribution in [0.4, 0.5) is 0 Å². The number of allylic oxidation sites excluding steroid dienone is 2. The van der Waals surface area contributed by atoms with Gasteiger partial charge in [0.15, 0.2) is 0 Å². The van der Waals surface area contributed by atoms with E-state index in [1.807, 2.05) is 0 Å². The van der Waals surface area contributed by atoms with E-state index in [2.05, 4.69) is 19.1 Å². The van der Waals surface area contributed by atoms with Gasteiger partial charge in [0, 0.05) is 0 Å². The van der Waals surface area contributed by atoms with Crippen LogP contribution in [0.25, 0.3) is 0 Å². The molecule has 6 bridgehead atoms. The normalized spacial score (nSPS) is 54.7. The second kappa shape index (κ2) is 5.84. The molecule has 11 unspecified atom stereocenters. The molecule has 0 aliphatic heterocycles. The van der Waals surface area contributed by atoms with Crippen molar-refractivity contribution in [3.63, 3.8) is 0 Å². The van der Waals surface area contributed by atoms with Crippen molar-refractivity contribution < 1.29 is 14.6 Å². The zero-order valence-corrected chi connectivity index (χ0v) is 16.6. The van der Waals surface area contributed by atoms with E-state index in [1.54, 1.807) is 0 Å². The summed E-state index contributed by atoms with van der Waals surface area (Å²) in [6.07, 6.45) is 14.2. The van der Waals surface area contributed by atoms with Gasteiger partial charge in [-0.15, -0.1) is 0 Å². The number of carbonyl (C=O) groups excluding carboxylic acids is 1. The lowest BCUT2D eigenvalue weighted by molar-refractivity contribution is -0.170. The van der Waals surface area contributed by atoms with Crippen molar-refractivity contribution >= 4 is 5.97 Å². The molecule has 3 nitrogen and oxygen atoms in total. The van der Waals surface area contributed by atoms with Crippen molar-refractivity contribution in [3.8, 4) is 0 Å². The molecule has 11 atom stereocenters. The van der Waals surface area contributed by atoms with E-state index in [1.165, 1.54) is 32.1 Å². The van der Waals surface area contributed by atoms with Gasteiger partial charge in [-0.3, -0.25) is 4.79 Å². The first-order valence-electron chi connectivity index (χ1n) is 11.7. The number of hydrogen-bond acceptors (Lipinski definition) is 3. The molecule has 6 aliphatic rings. The van der Waals surface area contributed by atoms with Crippen LogP contribution in [0.5, 0.6) is 0 Å². The lowest BCUT2D eigenvalue weighted by atomic mass is 9.68. The molecule has 5 fully saturated rings. The predicted molar refractivity (Wildman–Crippen MR) is 103 cm³/mol. The Morgan fingerprint density at radius 1 is 1.15 bits per heavy atom. The van der Waals surface area contributed by atoms with E-state index in [9.17, 15) is 9.90 Å². The van der Waals surface area contributed by atoms with Gasteiger partial charge in [0.1, 0.15) is 5.60 Å². The highest BCUT2D eigenvalue weighted by atomic mass is 16.6. The summed E-state index contributed by atoms with van der Waals surface area (Å²) in [5.74, 6) is 6.22. The molecule has 0 saturated heterocycles. The van der Waals surface area contributed by atoms with Crippen molar-refractivity contribution in [2.45, 2.75) is 76.4 Å². The highest BCUT2D eigenvalue weighted by Crippen LogP contribution is 2.67. The maximum absolute atomic E-state index is 12.8. The van der Waals surface area contributed by atoms with Crippen LogP contribution in [0.3, 0.4) is 0 Å². The monoisotopic (exact) mass is 370 g/mol. The highest BCUT2D eigenvalue weighted by molar-refractivity contribution is 5.70. The minimum atomic E-state index is -0.496. The van der Waals surface area contributed by atoms with Crippen LogP contribution in [0, 0.1) is 53.3 Å². The van der Waals surface area contributed by atoms with Crippen molar-refractivity contribution in [2.24, 2.45) is 53.3 Å². The number of carbonyl (C=O) groups is 1. The van der Waals surface area contributed by atoms with Crippen LogP contribution in [-0.4, -0.2) is 22.8 Å². The van der Waals surface area contributed by atoms with Gasteiger partial charge in [-0.05, 0) is 105 Å². The smallest absolute Gasteiger partial charge is 0.308 e. The van der Waals surface area contributed by atoms with Crippen molar-refractivity contribution in [1.82, 2.24) is 0 Å². The fraction of sp³-hybridized carbons (Fsp3) is 0.875. The molecular formula is C24H34O3. The van der Waals surface area contributed by atoms with Gasteiger partial charge in [0.25, 0.3) is 0 Å². The summed E-state index contributed by atoms with van der Waals surface area (Å²) >= 11 is 0. The van der Waals surface area contributed by atoms with E-state index < -0.39 is 6.10 Å². The Balaban J connectivity index is 1.11. The molecular weight excluding hydrogens is 336 g/mol. The maximum atomic E-state index is 12.8. The first kappa shape index (κ1) is 17.1. The van der Waals surface area contributed by atoms with Gasteiger partial charge in [0.2, 0.25) is 0 Å². The molecule has 0 aromatic heterocycles. The Bertz CT molecular complexity index is 671. The van der Waals surface area contributed by atoms with Gasteiger partial charge < -0.3 is 9.84 Å². The Hall–Kier alpha value is -0.830. The Morgan fingerprint density at radius 3 is 2.67 bits per heavy atom. The fourth-order valence-electron chi connectivity index (χ4n) is 9.12. The number of rotatable bonds is 5. The number of esters is 1. The Morgan fingerprint density at radius 2 is 1.96 bits per heavy atom. The molecule has 0 radical (unpaired) electrons. The van der Waals surface area contributed by atoms with Crippen molar-refractivity contribution in [1.29, 1.82) is 0 Å². The predicted octanol–water partition coefficient (Wildman–Crippen LogP) is 4.34. The third-order valence-corrected chi connectivity index (χ3v) is 10.0. The first-order chi connectivity index (χ1) is 13.1. The van der Waals surface area contributed by atoms with Gasteiger partial charge in [-0.1, -0.05) is 19.1 Å². The molecule has 0 heterocycles. The van der Waals surface area contributed by atoms with Crippen molar-refractivity contribution in [3.05, 3.63) is 12.2 Å². The largest absolute Gasteiger partial charge is 0.459 e. The molecule has 6 rings (SSSR count). The van der Waals surface area contributed by atoms with E-state index in [-0.39, 0.29) is 18.0 Å². The van der Waals surface area contributed by atoms with Crippen LogP contribution in [0.2, 0.25) is 0 Å². The summed E-state index contributed by atoms with van der Waals surface area (Å²) in [6.45, 7) is 2.17. The molecule has 0 amide bonds. The summed E-state index contributed by atoms with van der Waals surface area (Å²) in [6, 6.07) is 0. The summed E-state index contributed by atoms with van der Waals surface area (Å²) < 4.78 is 6.12. The summed E-state index contributed by atoms with van der Waals surface area (Å²) in [7, 11) is 0. The zero-order valence-electron chi connectivity index (χ0n) is 16.6. The number of hydrogen-bond donors (Lipinski definition) is 1. The van der Waals surface area contributed by atoms with E-state index in [4.69, 9.17) is 4.74 Å².